The minimum Gasteiger partial charge on any atom is -0.306 e. The van der Waals surface area contributed by atoms with Crippen molar-refractivity contribution in [2.75, 3.05) is 20.1 Å². The number of pyridine rings is 1. The topological polar surface area (TPSA) is 76.8 Å². The Labute approximate surface area is 197 Å². The van der Waals surface area contributed by atoms with Crippen molar-refractivity contribution < 1.29 is 4.79 Å². The van der Waals surface area contributed by atoms with Gasteiger partial charge in [0.2, 0.25) is 0 Å². The summed E-state index contributed by atoms with van der Waals surface area (Å²) in [4.78, 5) is 19.8. The summed E-state index contributed by atoms with van der Waals surface area (Å²) in [5.74, 6) is 0.0275. The maximum absolute atomic E-state index is 13.0. The van der Waals surface area contributed by atoms with Crippen LogP contribution in [0.4, 0.5) is 0 Å². The molecule has 1 saturated heterocycles. The summed E-state index contributed by atoms with van der Waals surface area (Å²) in [6.07, 6.45) is 8.05. The molecule has 1 aromatic carbocycles. The van der Waals surface area contributed by atoms with E-state index in [1.54, 1.807) is 28.7 Å². The third-order valence-corrected chi connectivity index (χ3v) is 7.30. The Balaban J connectivity index is 1.31. The molecule has 0 saturated carbocycles. The molecule has 0 amide bonds. The fourth-order valence-electron chi connectivity index (χ4n) is 4.11. The lowest BCUT2D eigenvalue weighted by Gasteiger charge is -2.28. The number of carbonyl (C=O) groups is 1. The lowest BCUT2D eigenvalue weighted by atomic mass is 10.0. The first-order valence-electron chi connectivity index (χ1n) is 11.1. The molecule has 4 aromatic rings. The Kier molecular flexibility index (Phi) is 6.20. The number of ketones is 1. The fourth-order valence-corrected chi connectivity index (χ4v) is 5.22. The average molecular weight is 459 g/mol. The highest BCUT2D eigenvalue weighted by Gasteiger charge is 2.19. The van der Waals surface area contributed by atoms with Crippen LogP contribution in [0.2, 0.25) is 0 Å². The van der Waals surface area contributed by atoms with Crippen molar-refractivity contribution in [1.82, 2.24) is 29.9 Å². The lowest BCUT2D eigenvalue weighted by molar-refractivity contribution is 0.0991. The van der Waals surface area contributed by atoms with Crippen molar-refractivity contribution in [3.8, 4) is 11.1 Å². The summed E-state index contributed by atoms with van der Waals surface area (Å²) in [6, 6.07) is 11.7. The summed E-state index contributed by atoms with van der Waals surface area (Å²) in [6.45, 7) is 2.22. The number of aryl methyl sites for hydroxylation is 1. The van der Waals surface area contributed by atoms with Gasteiger partial charge in [-0.2, -0.15) is 15.3 Å². The number of aromatic nitrogens is 5. The maximum Gasteiger partial charge on any atom is 0.169 e. The van der Waals surface area contributed by atoms with E-state index in [-0.39, 0.29) is 12.2 Å². The second-order valence-electron chi connectivity index (χ2n) is 8.62. The minimum atomic E-state index is 0.0275. The molecule has 0 atom stereocenters. The van der Waals surface area contributed by atoms with Gasteiger partial charge in [-0.3, -0.25) is 9.48 Å². The third-order valence-electron chi connectivity index (χ3n) is 6.03. The van der Waals surface area contributed by atoms with Crippen molar-refractivity contribution in [3.05, 3.63) is 66.2 Å². The number of rotatable bonds is 6. The smallest absolute Gasteiger partial charge is 0.169 e. The molecule has 1 aliphatic rings. The first-order valence-corrected chi connectivity index (χ1v) is 12.0. The quantitative estimate of drug-likeness (QED) is 0.404. The zero-order chi connectivity index (χ0) is 22.8. The van der Waals surface area contributed by atoms with E-state index < -0.39 is 0 Å². The van der Waals surface area contributed by atoms with Crippen molar-refractivity contribution in [1.29, 1.82) is 0 Å². The number of hydrogen-bond donors (Lipinski definition) is 0. The molecule has 1 aliphatic heterocycles. The van der Waals surface area contributed by atoms with Crippen LogP contribution in [0.1, 0.15) is 28.9 Å². The van der Waals surface area contributed by atoms with Crippen molar-refractivity contribution >= 4 is 28.4 Å². The number of piperidine rings is 1. The van der Waals surface area contributed by atoms with Gasteiger partial charge in [-0.1, -0.05) is 6.07 Å². The van der Waals surface area contributed by atoms with Crippen molar-refractivity contribution in [2.45, 2.75) is 29.5 Å². The molecule has 0 spiro atoms. The van der Waals surface area contributed by atoms with E-state index in [0.717, 1.165) is 53.0 Å². The number of Topliss-reactive ketones (excluding diaryl/α,β-unsaturated/α-hetero) is 1. The van der Waals surface area contributed by atoms with Gasteiger partial charge in [0.25, 0.3) is 0 Å². The molecule has 8 heteroatoms. The minimum absolute atomic E-state index is 0.0275. The molecule has 5 rings (SSSR count). The Morgan fingerprint density at radius 3 is 2.70 bits per heavy atom. The van der Waals surface area contributed by atoms with E-state index in [0.29, 0.717) is 16.5 Å². The van der Waals surface area contributed by atoms with E-state index in [1.165, 1.54) is 0 Å². The van der Waals surface area contributed by atoms with Gasteiger partial charge in [-0.15, -0.1) is 11.8 Å². The van der Waals surface area contributed by atoms with Crippen LogP contribution in [0.5, 0.6) is 0 Å². The molecule has 0 N–H and O–H groups in total. The van der Waals surface area contributed by atoms with Gasteiger partial charge in [0.15, 0.2) is 5.78 Å². The van der Waals surface area contributed by atoms with Gasteiger partial charge in [0.1, 0.15) is 0 Å². The average Bonchev–Trinajstić information content (AvgIpc) is 3.26. The molecular formula is C25H26N6OS. The Morgan fingerprint density at radius 2 is 1.91 bits per heavy atom. The molecule has 0 radical (unpaired) electrons. The van der Waals surface area contributed by atoms with Gasteiger partial charge < -0.3 is 4.90 Å². The zero-order valence-electron chi connectivity index (χ0n) is 18.8. The van der Waals surface area contributed by atoms with Crippen LogP contribution in [0.25, 0.3) is 22.0 Å². The summed E-state index contributed by atoms with van der Waals surface area (Å²) < 4.78 is 1.78. The standard InChI is InChI=1S/C25H26N6OS/c1-30-9-6-22(7-10-30)33-25-13-18(5-8-26-25)24(32)14-21-12-19-11-17(3-4-23(19)29-28-21)20-15-27-31(2)16-20/h3-5,8,11-13,15-16,22H,6-7,9-10,14H2,1-2H3. The highest BCUT2D eigenvalue weighted by molar-refractivity contribution is 7.99. The van der Waals surface area contributed by atoms with Crippen LogP contribution >= 0.6 is 11.8 Å². The van der Waals surface area contributed by atoms with Crippen LogP contribution < -0.4 is 0 Å². The SMILES string of the molecule is CN1CCC(Sc2cc(C(=O)Cc3cc4cc(-c5cnn(C)c5)ccc4nn3)ccn2)CC1. The predicted octanol–water partition coefficient (Wildman–Crippen LogP) is 4.04. The number of hydrogen-bond acceptors (Lipinski definition) is 7. The molecule has 1 fully saturated rings. The van der Waals surface area contributed by atoms with E-state index in [2.05, 4.69) is 38.3 Å². The second kappa shape index (κ2) is 9.41. The highest BCUT2D eigenvalue weighted by Crippen LogP contribution is 2.29. The summed E-state index contributed by atoms with van der Waals surface area (Å²) in [5, 5.41) is 15.3. The van der Waals surface area contributed by atoms with Crippen LogP contribution in [0, 0.1) is 0 Å². The van der Waals surface area contributed by atoms with E-state index >= 15 is 0 Å². The van der Waals surface area contributed by atoms with E-state index in [4.69, 9.17) is 0 Å². The molecule has 0 bridgehead atoms. The Bertz CT molecular complexity index is 1300. The Morgan fingerprint density at radius 1 is 1.06 bits per heavy atom. The molecule has 33 heavy (non-hydrogen) atoms. The molecular weight excluding hydrogens is 432 g/mol. The van der Waals surface area contributed by atoms with E-state index in [9.17, 15) is 4.79 Å². The summed E-state index contributed by atoms with van der Waals surface area (Å²) >= 11 is 1.78. The predicted molar refractivity (Wildman–Crippen MR) is 130 cm³/mol. The van der Waals surface area contributed by atoms with Crippen molar-refractivity contribution in [3.63, 3.8) is 0 Å². The van der Waals surface area contributed by atoms with Gasteiger partial charge in [-0.25, -0.2) is 4.98 Å². The maximum atomic E-state index is 13.0. The largest absolute Gasteiger partial charge is 0.306 e. The Hall–Kier alpha value is -3.10. The van der Waals surface area contributed by atoms with Crippen LogP contribution in [0.3, 0.4) is 0 Å². The fraction of sp³-hybridized carbons (Fsp3) is 0.320. The van der Waals surface area contributed by atoms with Gasteiger partial charge in [0.05, 0.1) is 28.9 Å². The van der Waals surface area contributed by atoms with Crippen LogP contribution in [-0.2, 0) is 13.5 Å². The summed E-state index contributed by atoms with van der Waals surface area (Å²) in [7, 11) is 4.06. The molecule has 168 valence electrons. The number of benzene rings is 1. The highest BCUT2D eigenvalue weighted by atomic mass is 32.2. The molecule has 0 unspecified atom stereocenters. The van der Waals surface area contributed by atoms with Crippen molar-refractivity contribution in [2.24, 2.45) is 7.05 Å². The molecule has 3 aromatic heterocycles. The second-order valence-corrected chi connectivity index (χ2v) is 9.94. The summed E-state index contributed by atoms with van der Waals surface area (Å²) in [5.41, 5.74) is 4.24. The zero-order valence-corrected chi connectivity index (χ0v) is 19.6. The number of nitrogens with zero attached hydrogens (tertiary/aromatic N) is 6. The molecule has 0 aliphatic carbocycles. The first kappa shape index (κ1) is 21.7. The lowest BCUT2D eigenvalue weighted by Crippen LogP contribution is -2.31. The first-order chi connectivity index (χ1) is 16.0. The molecule has 4 heterocycles. The number of fused-ring (bicyclic) bond motifs is 1. The van der Waals surface area contributed by atoms with Crippen LogP contribution in [0.15, 0.2) is 60.0 Å². The molecule has 7 nitrogen and oxygen atoms in total. The van der Waals surface area contributed by atoms with Gasteiger partial charge in [0, 0.05) is 41.2 Å². The van der Waals surface area contributed by atoms with Gasteiger partial charge in [-0.05, 0) is 68.9 Å². The number of carbonyl (C=O) groups excluding carboxylic acids is 1. The number of thioether (sulfide) groups is 1. The monoisotopic (exact) mass is 458 g/mol. The third kappa shape index (κ3) is 5.12. The van der Waals surface area contributed by atoms with E-state index in [1.807, 2.05) is 43.7 Å². The normalized spacial score (nSPS) is 15.2. The number of likely N-dealkylation sites (tertiary alicyclic amines) is 1. The van der Waals surface area contributed by atoms with Crippen LogP contribution in [-0.4, -0.2) is 61.0 Å². The van der Waals surface area contributed by atoms with Gasteiger partial charge >= 0.3 is 0 Å².